The number of fused-ring (bicyclic) bond motifs is 1. The van der Waals surface area contributed by atoms with Crippen LogP contribution in [0.1, 0.15) is 60.3 Å². The van der Waals surface area contributed by atoms with E-state index in [0.717, 1.165) is 23.2 Å². The van der Waals surface area contributed by atoms with Crippen molar-refractivity contribution in [2.45, 2.75) is 60.3 Å². The molecule has 2 saturated carbocycles. The zero-order chi connectivity index (χ0) is 10.6. The molecule has 0 nitrogen and oxygen atoms in total. The molecule has 0 radical (unpaired) electrons. The Balaban J connectivity index is 1.98. The molecule has 0 aromatic carbocycles. The topological polar surface area (TPSA) is 0 Å². The van der Waals surface area contributed by atoms with Gasteiger partial charge in [0.05, 0.1) is 0 Å². The van der Waals surface area contributed by atoms with E-state index in [1.807, 2.05) is 0 Å². The highest BCUT2D eigenvalue weighted by molar-refractivity contribution is 5.28. The van der Waals surface area contributed by atoms with Crippen molar-refractivity contribution in [3.8, 4) is 0 Å². The monoisotopic (exact) mass is 194 g/mol. The van der Waals surface area contributed by atoms with Gasteiger partial charge in [-0.25, -0.2) is 0 Å². The molecule has 2 rings (SSSR count). The van der Waals surface area contributed by atoms with Gasteiger partial charge >= 0.3 is 0 Å². The quantitative estimate of drug-likeness (QED) is 0.604. The molecular formula is C14H26. The fraction of sp³-hybridized carbons (Fsp3) is 1.00. The Morgan fingerprint density at radius 3 is 2.21 bits per heavy atom. The molecule has 0 heterocycles. The molecule has 0 bridgehead atoms. The average Bonchev–Trinajstić information content (AvgIpc) is 2.92. The van der Waals surface area contributed by atoms with Crippen molar-refractivity contribution < 1.29 is 0 Å². The van der Waals surface area contributed by atoms with Crippen LogP contribution < -0.4 is 0 Å². The Hall–Kier alpha value is 0. The summed E-state index contributed by atoms with van der Waals surface area (Å²) in [6, 6.07) is 0. The Morgan fingerprint density at radius 2 is 1.86 bits per heavy atom. The minimum absolute atomic E-state index is 0.664. The Morgan fingerprint density at radius 1 is 1.29 bits per heavy atom. The smallest absolute Gasteiger partial charge is 0.0224 e. The van der Waals surface area contributed by atoms with Crippen LogP contribution in [-0.2, 0) is 0 Å². The summed E-state index contributed by atoms with van der Waals surface area (Å²) in [6.07, 6.45) is 5.82. The molecule has 14 heavy (non-hydrogen) atoms. The second-order valence-corrected chi connectivity index (χ2v) is 6.48. The van der Waals surface area contributed by atoms with E-state index >= 15 is 0 Å². The predicted octanol–water partition coefficient (Wildman–Crippen LogP) is 4.49. The molecule has 3 unspecified atom stereocenters. The minimum Gasteiger partial charge on any atom is -0.0649 e. The summed E-state index contributed by atoms with van der Waals surface area (Å²) < 4.78 is 0. The maximum Gasteiger partial charge on any atom is -0.0224 e. The van der Waals surface area contributed by atoms with Crippen LogP contribution in [0.5, 0.6) is 0 Å². The highest BCUT2D eigenvalue weighted by Crippen LogP contribution is 2.87. The summed E-state index contributed by atoms with van der Waals surface area (Å²) in [5, 5.41) is 0. The molecule has 2 aliphatic carbocycles. The molecular weight excluding hydrogens is 168 g/mol. The number of hydrogen-bond donors (Lipinski definition) is 0. The molecule has 2 aliphatic rings. The van der Waals surface area contributed by atoms with Crippen LogP contribution in [0.3, 0.4) is 0 Å². The predicted molar refractivity (Wildman–Crippen MR) is 62.2 cm³/mol. The molecule has 2 fully saturated rings. The molecule has 82 valence electrons. The maximum atomic E-state index is 2.52. The molecule has 3 atom stereocenters. The Labute approximate surface area is 89.5 Å². The second-order valence-electron chi connectivity index (χ2n) is 6.48. The van der Waals surface area contributed by atoms with E-state index in [9.17, 15) is 0 Å². The van der Waals surface area contributed by atoms with Gasteiger partial charge in [0, 0.05) is 0 Å². The van der Waals surface area contributed by atoms with E-state index in [-0.39, 0.29) is 0 Å². The summed E-state index contributed by atoms with van der Waals surface area (Å²) in [6.45, 7) is 12.0. The van der Waals surface area contributed by atoms with Gasteiger partial charge in [0.15, 0.2) is 0 Å². The van der Waals surface area contributed by atoms with Gasteiger partial charge in [-0.3, -0.25) is 0 Å². The first-order valence-electron chi connectivity index (χ1n) is 6.50. The molecule has 0 saturated heterocycles. The van der Waals surface area contributed by atoms with Crippen LogP contribution in [0.25, 0.3) is 0 Å². The van der Waals surface area contributed by atoms with Crippen molar-refractivity contribution in [3.05, 3.63) is 0 Å². The van der Waals surface area contributed by atoms with Crippen LogP contribution in [0.2, 0.25) is 0 Å². The standard InChI is InChI=1S/C14H26/c1-6-13(5,7-2)12-11-9-14(11,12)8-10(3)4/h10-12H,6-9H2,1-5H3. The van der Waals surface area contributed by atoms with Gasteiger partial charge in [0.1, 0.15) is 0 Å². The van der Waals surface area contributed by atoms with Gasteiger partial charge in [-0.15, -0.1) is 0 Å². The normalized spacial score (nSPS) is 39.9. The van der Waals surface area contributed by atoms with Crippen LogP contribution in [0, 0.1) is 28.6 Å². The minimum atomic E-state index is 0.664. The summed E-state index contributed by atoms with van der Waals surface area (Å²) in [4.78, 5) is 0. The van der Waals surface area contributed by atoms with Crippen molar-refractivity contribution in [2.24, 2.45) is 28.6 Å². The van der Waals surface area contributed by atoms with Gasteiger partial charge in [-0.05, 0) is 41.4 Å². The van der Waals surface area contributed by atoms with E-state index in [2.05, 4.69) is 34.6 Å². The first-order valence-corrected chi connectivity index (χ1v) is 6.50. The van der Waals surface area contributed by atoms with Gasteiger partial charge in [0.2, 0.25) is 0 Å². The number of hydrogen-bond acceptors (Lipinski definition) is 0. The fourth-order valence-corrected chi connectivity index (χ4v) is 4.00. The van der Waals surface area contributed by atoms with Crippen LogP contribution in [0.4, 0.5) is 0 Å². The summed E-state index contributed by atoms with van der Waals surface area (Å²) >= 11 is 0. The first-order chi connectivity index (χ1) is 6.50. The maximum absolute atomic E-state index is 2.52. The molecule has 0 amide bonds. The van der Waals surface area contributed by atoms with Gasteiger partial charge in [-0.1, -0.05) is 47.5 Å². The highest BCUT2D eigenvalue weighted by atomic mass is 14.8. The molecule has 0 spiro atoms. The molecule has 0 aliphatic heterocycles. The fourth-order valence-electron chi connectivity index (χ4n) is 4.00. The summed E-state index contributed by atoms with van der Waals surface area (Å²) in [5.41, 5.74) is 1.51. The lowest BCUT2D eigenvalue weighted by Crippen LogP contribution is -2.24. The third-order valence-electron chi connectivity index (χ3n) is 5.25. The van der Waals surface area contributed by atoms with E-state index < -0.39 is 0 Å². The van der Waals surface area contributed by atoms with Crippen LogP contribution >= 0.6 is 0 Å². The molecule has 0 N–H and O–H groups in total. The van der Waals surface area contributed by atoms with Crippen molar-refractivity contribution in [1.29, 1.82) is 0 Å². The zero-order valence-electron chi connectivity index (χ0n) is 10.6. The lowest BCUT2D eigenvalue weighted by Gasteiger charge is -2.33. The van der Waals surface area contributed by atoms with Crippen molar-refractivity contribution in [1.82, 2.24) is 0 Å². The lowest BCUT2D eigenvalue weighted by atomic mass is 9.72. The van der Waals surface area contributed by atoms with Crippen molar-refractivity contribution in [3.63, 3.8) is 0 Å². The van der Waals surface area contributed by atoms with Crippen molar-refractivity contribution in [2.75, 3.05) is 0 Å². The Kier molecular flexibility index (Phi) is 2.25. The van der Waals surface area contributed by atoms with E-state index in [4.69, 9.17) is 0 Å². The molecule has 0 aromatic heterocycles. The first kappa shape index (κ1) is 10.5. The molecule has 0 aromatic rings. The van der Waals surface area contributed by atoms with Gasteiger partial charge in [-0.2, -0.15) is 0 Å². The third kappa shape index (κ3) is 1.26. The highest BCUT2D eigenvalue weighted by Gasteiger charge is 2.80. The van der Waals surface area contributed by atoms with Crippen molar-refractivity contribution >= 4 is 0 Å². The van der Waals surface area contributed by atoms with Gasteiger partial charge < -0.3 is 0 Å². The van der Waals surface area contributed by atoms with Gasteiger partial charge in [0.25, 0.3) is 0 Å². The van der Waals surface area contributed by atoms with E-state index in [1.54, 1.807) is 6.42 Å². The summed E-state index contributed by atoms with van der Waals surface area (Å²) in [7, 11) is 0. The largest absolute Gasteiger partial charge is 0.0649 e. The molecule has 0 heteroatoms. The van der Waals surface area contributed by atoms with E-state index in [0.29, 0.717) is 5.41 Å². The number of rotatable bonds is 5. The third-order valence-corrected chi connectivity index (χ3v) is 5.25. The van der Waals surface area contributed by atoms with E-state index in [1.165, 1.54) is 19.3 Å². The summed E-state index contributed by atoms with van der Waals surface area (Å²) in [5.74, 6) is 3.13. The SMILES string of the molecule is CCC(C)(CC)C1C2CC21CC(C)C. The zero-order valence-corrected chi connectivity index (χ0v) is 10.6. The second kappa shape index (κ2) is 3.00. The van der Waals surface area contributed by atoms with Crippen LogP contribution in [-0.4, -0.2) is 0 Å². The average molecular weight is 194 g/mol. The van der Waals surface area contributed by atoms with Crippen LogP contribution in [0.15, 0.2) is 0 Å². The Bertz CT molecular complexity index is 224. The lowest BCUT2D eigenvalue weighted by molar-refractivity contribution is 0.169.